The van der Waals surface area contributed by atoms with Crippen LogP contribution in [0.15, 0.2) is 47.4 Å². The third kappa shape index (κ3) is 2.89. The molecule has 4 N–H and O–H groups in total. The smallest absolute Gasteiger partial charge is 0.261 e. The molecule has 0 aromatic heterocycles. The summed E-state index contributed by atoms with van der Waals surface area (Å²) in [6, 6.07) is 10.1. The zero-order valence-corrected chi connectivity index (χ0v) is 11.5. The molecule has 0 radical (unpaired) electrons. The van der Waals surface area contributed by atoms with Crippen LogP contribution in [0, 0.1) is 12.7 Å². The van der Waals surface area contributed by atoms with Crippen molar-refractivity contribution in [1.82, 2.24) is 0 Å². The van der Waals surface area contributed by atoms with Crippen molar-refractivity contribution >= 4 is 21.4 Å². The molecule has 0 unspecified atom stereocenters. The van der Waals surface area contributed by atoms with Gasteiger partial charge in [0, 0.05) is 11.3 Å². The Kier molecular flexibility index (Phi) is 3.91. The number of halogens is 1. The van der Waals surface area contributed by atoms with Crippen molar-refractivity contribution in [3.63, 3.8) is 0 Å². The van der Waals surface area contributed by atoms with E-state index in [1.165, 1.54) is 49.4 Å². The van der Waals surface area contributed by atoms with Gasteiger partial charge in [0.25, 0.3) is 10.0 Å². The Bertz CT molecular complexity index is 715. The molecule has 0 saturated heterocycles. The fourth-order valence-electron chi connectivity index (χ4n) is 1.65. The van der Waals surface area contributed by atoms with Gasteiger partial charge in [0.15, 0.2) is 0 Å². The molecule has 20 heavy (non-hydrogen) atoms. The highest BCUT2D eigenvalue weighted by Crippen LogP contribution is 2.22. The van der Waals surface area contributed by atoms with Crippen LogP contribution in [0.5, 0.6) is 0 Å². The van der Waals surface area contributed by atoms with E-state index in [2.05, 4.69) is 10.1 Å². The largest absolute Gasteiger partial charge is 0.324 e. The summed E-state index contributed by atoms with van der Waals surface area (Å²) >= 11 is 0. The lowest BCUT2D eigenvalue weighted by atomic mass is 10.2. The Labute approximate surface area is 116 Å². The van der Waals surface area contributed by atoms with Crippen LogP contribution in [-0.2, 0) is 10.0 Å². The number of hydrazine groups is 1. The zero-order valence-electron chi connectivity index (χ0n) is 10.7. The summed E-state index contributed by atoms with van der Waals surface area (Å²) in [4.78, 5) is 0.0696. The van der Waals surface area contributed by atoms with Gasteiger partial charge in [0.1, 0.15) is 5.82 Å². The van der Waals surface area contributed by atoms with E-state index in [4.69, 9.17) is 5.84 Å². The van der Waals surface area contributed by atoms with Crippen LogP contribution in [0.25, 0.3) is 0 Å². The Balaban J connectivity index is 2.33. The van der Waals surface area contributed by atoms with E-state index in [9.17, 15) is 12.8 Å². The standard InChI is InChI=1S/C13H14FN3O2S/c1-9-12(14)3-2-4-13(9)17-20(18,19)11-7-5-10(16-15)6-8-11/h2-8,16-17H,15H2,1H3. The molecule has 2 aromatic carbocycles. The van der Waals surface area contributed by atoms with E-state index in [1.807, 2.05) is 0 Å². The van der Waals surface area contributed by atoms with Gasteiger partial charge >= 0.3 is 0 Å². The average molecular weight is 295 g/mol. The summed E-state index contributed by atoms with van der Waals surface area (Å²) in [6.07, 6.45) is 0. The number of benzene rings is 2. The molecule has 2 rings (SSSR count). The number of rotatable bonds is 4. The lowest BCUT2D eigenvalue weighted by Crippen LogP contribution is -2.14. The van der Waals surface area contributed by atoms with Crippen molar-refractivity contribution in [1.29, 1.82) is 0 Å². The molecule has 0 spiro atoms. The molecule has 0 heterocycles. The van der Waals surface area contributed by atoms with Crippen LogP contribution >= 0.6 is 0 Å². The summed E-state index contributed by atoms with van der Waals surface area (Å²) in [5.74, 6) is 4.75. The first-order chi connectivity index (χ1) is 9.44. The second-order valence-electron chi connectivity index (χ2n) is 4.19. The number of nitrogens with two attached hydrogens (primary N) is 1. The van der Waals surface area contributed by atoms with Gasteiger partial charge in [-0.1, -0.05) is 6.07 Å². The number of nitrogen functional groups attached to an aromatic ring is 1. The molecule has 0 aliphatic rings. The summed E-state index contributed by atoms with van der Waals surface area (Å²) in [7, 11) is -3.76. The van der Waals surface area contributed by atoms with E-state index in [1.54, 1.807) is 0 Å². The van der Waals surface area contributed by atoms with Crippen LogP contribution in [0.1, 0.15) is 5.56 Å². The third-order valence-electron chi connectivity index (χ3n) is 2.84. The van der Waals surface area contributed by atoms with Gasteiger partial charge in [-0.2, -0.15) is 0 Å². The first-order valence-corrected chi connectivity index (χ1v) is 7.27. The lowest BCUT2D eigenvalue weighted by molar-refractivity contribution is 0.601. The highest BCUT2D eigenvalue weighted by Gasteiger charge is 2.16. The summed E-state index contributed by atoms with van der Waals surface area (Å²) in [5.41, 5.74) is 3.46. The molecule has 0 bridgehead atoms. The van der Waals surface area contributed by atoms with Crippen molar-refractivity contribution < 1.29 is 12.8 Å². The molecule has 2 aromatic rings. The fourth-order valence-corrected chi connectivity index (χ4v) is 2.77. The van der Waals surface area contributed by atoms with E-state index >= 15 is 0 Å². The minimum atomic E-state index is -3.76. The Morgan fingerprint density at radius 3 is 2.35 bits per heavy atom. The van der Waals surface area contributed by atoms with E-state index in [-0.39, 0.29) is 16.1 Å². The van der Waals surface area contributed by atoms with Crippen LogP contribution < -0.4 is 16.0 Å². The van der Waals surface area contributed by atoms with E-state index < -0.39 is 15.8 Å². The van der Waals surface area contributed by atoms with Crippen molar-refractivity contribution in [3.8, 4) is 0 Å². The number of sulfonamides is 1. The van der Waals surface area contributed by atoms with Crippen LogP contribution in [0.2, 0.25) is 0 Å². The zero-order chi connectivity index (χ0) is 14.8. The average Bonchev–Trinajstić information content (AvgIpc) is 2.44. The minimum Gasteiger partial charge on any atom is -0.324 e. The topological polar surface area (TPSA) is 84.2 Å². The maximum Gasteiger partial charge on any atom is 0.261 e. The fraction of sp³-hybridized carbons (Fsp3) is 0.0769. The molecule has 7 heteroatoms. The van der Waals surface area contributed by atoms with Crippen LogP contribution in [0.4, 0.5) is 15.8 Å². The summed E-state index contributed by atoms with van der Waals surface area (Å²) in [5, 5.41) is 0. The molecule has 0 amide bonds. The maximum atomic E-state index is 13.4. The van der Waals surface area contributed by atoms with Crippen molar-refractivity contribution in [2.75, 3.05) is 10.1 Å². The summed E-state index contributed by atoms with van der Waals surface area (Å²) < 4.78 is 40.1. The minimum absolute atomic E-state index is 0.0696. The highest BCUT2D eigenvalue weighted by molar-refractivity contribution is 7.92. The second kappa shape index (κ2) is 5.48. The lowest BCUT2D eigenvalue weighted by Gasteiger charge is -2.11. The van der Waals surface area contributed by atoms with Crippen molar-refractivity contribution in [2.45, 2.75) is 11.8 Å². The Morgan fingerprint density at radius 1 is 1.10 bits per heavy atom. The number of hydrogen-bond donors (Lipinski definition) is 3. The predicted molar refractivity (Wildman–Crippen MR) is 76.2 cm³/mol. The molecule has 5 nitrogen and oxygen atoms in total. The number of hydrogen-bond acceptors (Lipinski definition) is 4. The van der Waals surface area contributed by atoms with Crippen molar-refractivity contribution in [2.24, 2.45) is 5.84 Å². The molecule has 0 fully saturated rings. The molecule has 106 valence electrons. The molecule has 0 atom stereocenters. The summed E-state index contributed by atoms with van der Waals surface area (Å²) in [6.45, 7) is 1.51. The molecule has 0 aliphatic heterocycles. The number of nitrogens with one attached hydrogen (secondary N) is 2. The van der Waals surface area contributed by atoms with E-state index in [0.717, 1.165) is 0 Å². The van der Waals surface area contributed by atoms with Crippen LogP contribution in [0.3, 0.4) is 0 Å². The van der Waals surface area contributed by atoms with Gasteiger partial charge in [0.2, 0.25) is 0 Å². The normalized spacial score (nSPS) is 11.2. The maximum absolute atomic E-state index is 13.4. The first-order valence-electron chi connectivity index (χ1n) is 5.78. The quantitative estimate of drug-likeness (QED) is 0.596. The molecular formula is C13H14FN3O2S. The van der Waals surface area contributed by atoms with Gasteiger partial charge < -0.3 is 5.43 Å². The SMILES string of the molecule is Cc1c(F)cccc1NS(=O)(=O)c1ccc(NN)cc1. The van der Waals surface area contributed by atoms with Gasteiger partial charge in [0.05, 0.1) is 10.6 Å². The number of anilines is 2. The van der Waals surface area contributed by atoms with Gasteiger partial charge in [-0.25, -0.2) is 12.8 Å². The highest BCUT2D eigenvalue weighted by atomic mass is 32.2. The third-order valence-corrected chi connectivity index (χ3v) is 4.22. The molecule has 0 saturated carbocycles. The van der Waals surface area contributed by atoms with E-state index in [0.29, 0.717) is 5.69 Å². The van der Waals surface area contributed by atoms with Gasteiger partial charge in [-0.3, -0.25) is 10.6 Å². The monoisotopic (exact) mass is 295 g/mol. The van der Waals surface area contributed by atoms with Gasteiger partial charge in [-0.15, -0.1) is 0 Å². The van der Waals surface area contributed by atoms with Crippen LogP contribution in [-0.4, -0.2) is 8.42 Å². The molecule has 0 aliphatic carbocycles. The van der Waals surface area contributed by atoms with Crippen molar-refractivity contribution in [3.05, 3.63) is 53.8 Å². The molecular weight excluding hydrogens is 281 g/mol. The Hall–Kier alpha value is -2.12. The predicted octanol–water partition coefficient (Wildman–Crippen LogP) is 2.22. The first kappa shape index (κ1) is 14.3. The van der Waals surface area contributed by atoms with Gasteiger partial charge in [-0.05, 0) is 43.3 Å². The Morgan fingerprint density at radius 2 is 1.75 bits per heavy atom. The second-order valence-corrected chi connectivity index (χ2v) is 5.87.